The van der Waals surface area contributed by atoms with Crippen LogP contribution in [0.4, 0.5) is 0 Å². The summed E-state index contributed by atoms with van der Waals surface area (Å²) in [5.41, 5.74) is 7.91. The van der Waals surface area contributed by atoms with E-state index in [0.29, 0.717) is 5.75 Å². The molecular formula is C15H24N2O2. The minimum atomic E-state index is -0.117. The van der Waals surface area contributed by atoms with Crippen molar-refractivity contribution in [2.24, 2.45) is 5.73 Å². The minimum Gasteiger partial charge on any atom is -0.483 e. The zero-order chi connectivity index (χ0) is 14.6. The van der Waals surface area contributed by atoms with Gasteiger partial charge in [0, 0.05) is 24.7 Å². The van der Waals surface area contributed by atoms with Crippen molar-refractivity contribution in [2.75, 3.05) is 13.7 Å². The molecule has 0 aromatic heterocycles. The largest absolute Gasteiger partial charge is 0.483 e. The number of hydrogen-bond donors (Lipinski definition) is 1. The zero-order valence-corrected chi connectivity index (χ0v) is 12.4. The van der Waals surface area contributed by atoms with Crippen molar-refractivity contribution in [3.8, 4) is 5.75 Å². The van der Waals surface area contributed by atoms with E-state index in [1.807, 2.05) is 45.9 Å². The van der Waals surface area contributed by atoms with Crippen LogP contribution in [0.2, 0.25) is 0 Å². The fourth-order valence-corrected chi connectivity index (χ4v) is 1.67. The van der Waals surface area contributed by atoms with Gasteiger partial charge in [0.15, 0.2) is 6.61 Å². The number of nitrogens with zero attached hydrogens (tertiary/aromatic N) is 1. The highest BCUT2D eigenvalue weighted by Crippen LogP contribution is 2.25. The first-order valence-corrected chi connectivity index (χ1v) is 6.57. The molecule has 0 aliphatic carbocycles. The van der Waals surface area contributed by atoms with Gasteiger partial charge in [0.25, 0.3) is 5.91 Å². The number of amides is 1. The maximum absolute atomic E-state index is 11.9. The third-order valence-corrected chi connectivity index (χ3v) is 3.18. The molecule has 0 spiro atoms. The highest BCUT2D eigenvalue weighted by Gasteiger charge is 2.14. The van der Waals surface area contributed by atoms with Crippen LogP contribution < -0.4 is 10.5 Å². The fourth-order valence-electron chi connectivity index (χ4n) is 1.67. The number of rotatable bonds is 5. The number of carbonyl (C=O) groups is 1. The van der Waals surface area contributed by atoms with Gasteiger partial charge in [0.2, 0.25) is 0 Å². The molecule has 2 N–H and O–H groups in total. The lowest BCUT2D eigenvalue weighted by atomic mass is 10.1. The number of ether oxygens (including phenoxy) is 1. The lowest BCUT2D eigenvalue weighted by molar-refractivity contribution is -0.133. The summed E-state index contributed by atoms with van der Waals surface area (Å²) in [6.45, 7) is 7.87. The molecule has 1 rings (SSSR count). The van der Waals surface area contributed by atoms with Crippen LogP contribution in [0, 0.1) is 6.92 Å². The van der Waals surface area contributed by atoms with Gasteiger partial charge in [-0.3, -0.25) is 4.79 Å². The van der Waals surface area contributed by atoms with Crippen molar-refractivity contribution in [3.05, 3.63) is 29.3 Å². The van der Waals surface area contributed by atoms with Gasteiger partial charge in [-0.2, -0.15) is 0 Å². The topological polar surface area (TPSA) is 55.6 Å². The van der Waals surface area contributed by atoms with E-state index in [9.17, 15) is 4.79 Å². The van der Waals surface area contributed by atoms with Gasteiger partial charge in [-0.05, 0) is 39.3 Å². The summed E-state index contributed by atoms with van der Waals surface area (Å²) in [4.78, 5) is 13.6. The van der Waals surface area contributed by atoms with Gasteiger partial charge in [-0.25, -0.2) is 0 Å². The Morgan fingerprint density at radius 2 is 2.00 bits per heavy atom. The van der Waals surface area contributed by atoms with E-state index in [0.717, 1.165) is 11.1 Å². The SMILES string of the molecule is Cc1ccc([C@H](C)N)c(OCC(=O)N(C)C(C)C)c1. The third-order valence-electron chi connectivity index (χ3n) is 3.18. The van der Waals surface area contributed by atoms with Crippen molar-refractivity contribution in [3.63, 3.8) is 0 Å². The van der Waals surface area contributed by atoms with Crippen LogP contribution in [0.5, 0.6) is 5.75 Å². The van der Waals surface area contributed by atoms with Crippen LogP contribution in [0.3, 0.4) is 0 Å². The Hall–Kier alpha value is -1.55. The number of carbonyl (C=O) groups excluding carboxylic acids is 1. The minimum absolute atomic E-state index is 0.0351. The number of benzene rings is 1. The molecule has 4 nitrogen and oxygen atoms in total. The molecule has 0 aliphatic heterocycles. The van der Waals surface area contributed by atoms with Crippen molar-refractivity contribution in [1.82, 2.24) is 4.90 Å². The second-order valence-electron chi connectivity index (χ2n) is 5.22. The first kappa shape index (κ1) is 15.5. The molecule has 0 radical (unpaired) electrons. The second-order valence-corrected chi connectivity index (χ2v) is 5.22. The highest BCUT2D eigenvalue weighted by molar-refractivity contribution is 5.77. The zero-order valence-electron chi connectivity index (χ0n) is 12.4. The molecular weight excluding hydrogens is 240 g/mol. The summed E-state index contributed by atoms with van der Waals surface area (Å²) in [6.07, 6.45) is 0. The summed E-state index contributed by atoms with van der Waals surface area (Å²) in [5.74, 6) is 0.660. The predicted octanol–water partition coefficient (Wildman–Crippen LogP) is 2.26. The third kappa shape index (κ3) is 4.24. The number of aryl methyl sites for hydroxylation is 1. The predicted molar refractivity (Wildman–Crippen MR) is 77.2 cm³/mol. The molecule has 0 unspecified atom stereocenters. The van der Waals surface area contributed by atoms with Gasteiger partial charge in [-0.1, -0.05) is 12.1 Å². The quantitative estimate of drug-likeness (QED) is 0.887. The van der Waals surface area contributed by atoms with Crippen molar-refractivity contribution in [1.29, 1.82) is 0 Å². The Morgan fingerprint density at radius 1 is 1.37 bits per heavy atom. The lowest BCUT2D eigenvalue weighted by Crippen LogP contribution is -2.36. The standard InChI is InChI=1S/C15H24N2O2/c1-10(2)17(5)15(18)9-19-14-8-11(3)6-7-13(14)12(4)16/h6-8,10,12H,9,16H2,1-5H3/t12-/m0/s1. The monoisotopic (exact) mass is 264 g/mol. The Morgan fingerprint density at radius 3 is 2.53 bits per heavy atom. The van der Waals surface area contributed by atoms with Crippen LogP contribution in [0.15, 0.2) is 18.2 Å². The molecule has 0 aliphatic rings. The number of likely N-dealkylation sites (N-methyl/N-ethyl adjacent to an activating group) is 1. The van der Waals surface area contributed by atoms with E-state index in [-0.39, 0.29) is 24.6 Å². The van der Waals surface area contributed by atoms with Gasteiger partial charge >= 0.3 is 0 Å². The first-order valence-electron chi connectivity index (χ1n) is 6.57. The number of hydrogen-bond acceptors (Lipinski definition) is 3. The van der Waals surface area contributed by atoms with Crippen LogP contribution in [0.1, 0.15) is 37.9 Å². The highest BCUT2D eigenvalue weighted by atomic mass is 16.5. The Bertz CT molecular complexity index is 442. The van der Waals surface area contributed by atoms with E-state index < -0.39 is 0 Å². The molecule has 19 heavy (non-hydrogen) atoms. The first-order chi connectivity index (χ1) is 8.82. The van der Waals surface area contributed by atoms with E-state index in [2.05, 4.69) is 0 Å². The van der Waals surface area contributed by atoms with Gasteiger partial charge in [0.05, 0.1) is 0 Å². The van der Waals surface area contributed by atoms with Crippen molar-refractivity contribution >= 4 is 5.91 Å². The molecule has 0 saturated carbocycles. The molecule has 1 atom stereocenters. The van der Waals surface area contributed by atoms with Gasteiger partial charge in [-0.15, -0.1) is 0 Å². The maximum Gasteiger partial charge on any atom is 0.260 e. The average molecular weight is 264 g/mol. The number of nitrogens with two attached hydrogens (primary N) is 1. The molecule has 4 heteroatoms. The Balaban J connectivity index is 2.77. The summed E-state index contributed by atoms with van der Waals surface area (Å²) >= 11 is 0. The van der Waals surface area contributed by atoms with Crippen LogP contribution in [-0.4, -0.2) is 30.5 Å². The normalized spacial score (nSPS) is 12.4. The Kier molecular flexibility index (Phi) is 5.36. The van der Waals surface area contributed by atoms with Crippen LogP contribution in [-0.2, 0) is 4.79 Å². The van der Waals surface area contributed by atoms with Crippen molar-refractivity contribution < 1.29 is 9.53 Å². The maximum atomic E-state index is 11.9. The molecule has 0 bridgehead atoms. The lowest BCUT2D eigenvalue weighted by Gasteiger charge is -2.22. The van der Waals surface area contributed by atoms with Crippen LogP contribution >= 0.6 is 0 Å². The summed E-state index contributed by atoms with van der Waals surface area (Å²) in [7, 11) is 1.78. The second kappa shape index (κ2) is 6.57. The van der Waals surface area contributed by atoms with E-state index in [4.69, 9.17) is 10.5 Å². The van der Waals surface area contributed by atoms with E-state index in [1.165, 1.54) is 0 Å². The molecule has 1 amide bonds. The average Bonchev–Trinajstić information content (AvgIpc) is 2.34. The van der Waals surface area contributed by atoms with Gasteiger partial charge < -0.3 is 15.4 Å². The van der Waals surface area contributed by atoms with Gasteiger partial charge in [0.1, 0.15) is 5.75 Å². The van der Waals surface area contributed by atoms with E-state index >= 15 is 0 Å². The molecule has 106 valence electrons. The smallest absolute Gasteiger partial charge is 0.260 e. The molecule has 0 heterocycles. The molecule has 0 saturated heterocycles. The molecule has 1 aromatic rings. The summed E-state index contributed by atoms with van der Waals surface area (Å²) in [5, 5.41) is 0. The molecule has 1 aromatic carbocycles. The van der Waals surface area contributed by atoms with Crippen molar-refractivity contribution in [2.45, 2.75) is 39.8 Å². The Labute approximate surface area is 115 Å². The fraction of sp³-hybridized carbons (Fsp3) is 0.533. The van der Waals surface area contributed by atoms with E-state index in [1.54, 1.807) is 11.9 Å². The molecule has 0 fully saturated rings. The summed E-state index contributed by atoms with van der Waals surface area (Å²) in [6, 6.07) is 5.91. The van der Waals surface area contributed by atoms with Crippen LogP contribution in [0.25, 0.3) is 0 Å². The summed E-state index contributed by atoms with van der Waals surface area (Å²) < 4.78 is 5.64.